The number of carbonyl (C=O) groups excluding carboxylic acids is 1. The van der Waals surface area contributed by atoms with Gasteiger partial charge in [-0.15, -0.1) is 0 Å². The van der Waals surface area contributed by atoms with Gasteiger partial charge in [-0.3, -0.25) is 4.79 Å². The van der Waals surface area contributed by atoms with Crippen molar-refractivity contribution in [1.82, 2.24) is 5.32 Å². The van der Waals surface area contributed by atoms with E-state index >= 15 is 0 Å². The first-order chi connectivity index (χ1) is 8.97. The second-order valence-corrected chi connectivity index (χ2v) is 4.48. The minimum Gasteiger partial charge on any atom is -0.325 e. The van der Waals surface area contributed by atoms with E-state index in [0.717, 1.165) is 12.5 Å². The summed E-state index contributed by atoms with van der Waals surface area (Å²) in [7, 11) is 0. The highest BCUT2D eigenvalue weighted by Gasteiger charge is 2.10. The predicted molar refractivity (Wildman–Crippen MR) is 72.2 cm³/mol. The lowest BCUT2D eigenvalue weighted by molar-refractivity contribution is -0.115. The van der Waals surface area contributed by atoms with Crippen molar-refractivity contribution in [1.29, 1.82) is 5.26 Å². The summed E-state index contributed by atoms with van der Waals surface area (Å²) in [6.45, 7) is 5.72. The molecule has 0 saturated carbocycles. The van der Waals surface area contributed by atoms with Gasteiger partial charge in [-0.2, -0.15) is 5.26 Å². The van der Waals surface area contributed by atoms with Gasteiger partial charge in [0.25, 0.3) is 0 Å². The molecular weight excluding hydrogens is 245 g/mol. The summed E-state index contributed by atoms with van der Waals surface area (Å²) in [6, 6.07) is 4.73. The van der Waals surface area contributed by atoms with Crippen LogP contribution in [-0.2, 0) is 4.79 Å². The fourth-order valence-electron chi connectivity index (χ4n) is 1.48. The van der Waals surface area contributed by atoms with Crippen molar-refractivity contribution in [3.63, 3.8) is 0 Å². The quantitative estimate of drug-likeness (QED) is 0.857. The fraction of sp³-hybridized carbons (Fsp3) is 0.429. The number of halogens is 1. The van der Waals surface area contributed by atoms with Crippen LogP contribution in [0.2, 0.25) is 0 Å². The number of nitrogens with one attached hydrogen (secondary N) is 2. The standard InChI is InChI=1S/C14H18FN3O/c1-4-9(2)17-8-14(19)18-13-6-11(7-16)5-12(15)10(13)3/h5-6,9,17H,4,8H2,1-3H3,(H,18,19). The van der Waals surface area contributed by atoms with Crippen molar-refractivity contribution in [3.05, 3.63) is 29.1 Å². The van der Waals surface area contributed by atoms with Crippen molar-refractivity contribution in [2.24, 2.45) is 0 Å². The molecule has 0 aliphatic carbocycles. The van der Waals surface area contributed by atoms with E-state index in [4.69, 9.17) is 5.26 Å². The smallest absolute Gasteiger partial charge is 0.238 e. The lowest BCUT2D eigenvalue weighted by atomic mass is 10.1. The molecule has 102 valence electrons. The van der Waals surface area contributed by atoms with Gasteiger partial charge < -0.3 is 10.6 Å². The summed E-state index contributed by atoms with van der Waals surface area (Å²) < 4.78 is 13.5. The van der Waals surface area contributed by atoms with E-state index < -0.39 is 5.82 Å². The maximum atomic E-state index is 13.5. The van der Waals surface area contributed by atoms with E-state index in [0.29, 0.717) is 11.3 Å². The van der Waals surface area contributed by atoms with Gasteiger partial charge in [0.2, 0.25) is 5.91 Å². The van der Waals surface area contributed by atoms with Crippen LogP contribution < -0.4 is 10.6 Å². The van der Waals surface area contributed by atoms with Crippen LogP contribution in [0.3, 0.4) is 0 Å². The number of benzene rings is 1. The van der Waals surface area contributed by atoms with E-state index in [1.165, 1.54) is 6.07 Å². The van der Waals surface area contributed by atoms with Crippen LogP contribution in [0.15, 0.2) is 12.1 Å². The zero-order chi connectivity index (χ0) is 14.4. The molecule has 0 saturated heterocycles. The number of carbonyl (C=O) groups is 1. The summed E-state index contributed by atoms with van der Waals surface area (Å²) >= 11 is 0. The first-order valence-electron chi connectivity index (χ1n) is 6.21. The lowest BCUT2D eigenvalue weighted by Crippen LogP contribution is -2.34. The summed E-state index contributed by atoms with van der Waals surface area (Å²) in [5, 5.41) is 14.4. The highest BCUT2D eigenvalue weighted by Crippen LogP contribution is 2.20. The molecule has 4 nitrogen and oxygen atoms in total. The summed E-state index contributed by atoms with van der Waals surface area (Å²) in [4.78, 5) is 11.7. The summed E-state index contributed by atoms with van der Waals surface area (Å²) in [5.41, 5.74) is 0.858. The molecule has 1 aromatic rings. The second-order valence-electron chi connectivity index (χ2n) is 4.48. The number of rotatable bonds is 5. The van der Waals surface area contributed by atoms with Crippen LogP contribution >= 0.6 is 0 Å². The third-order valence-electron chi connectivity index (χ3n) is 2.97. The number of nitriles is 1. The van der Waals surface area contributed by atoms with E-state index in [2.05, 4.69) is 10.6 Å². The molecule has 2 N–H and O–H groups in total. The zero-order valence-corrected chi connectivity index (χ0v) is 11.4. The highest BCUT2D eigenvalue weighted by molar-refractivity contribution is 5.93. The van der Waals surface area contributed by atoms with Crippen LogP contribution in [0.25, 0.3) is 0 Å². The average Bonchev–Trinajstić information content (AvgIpc) is 2.40. The predicted octanol–water partition coefficient (Wildman–Crippen LogP) is 2.33. The van der Waals surface area contributed by atoms with Crippen LogP contribution in [0.5, 0.6) is 0 Å². The average molecular weight is 263 g/mol. The molecule has 0 spiro atoms. The van der Waals surface area contributed by atoms with Gasteiger partial charge in [0, 0.05) is 17.3 Å². The molecule has 0 heterocycles. The molecule has 1 atom stereocenters. The SMILES string of the molecule is CCC(C)NCC(=O)Nc1cc(C#N)cc(F)c1C. The highest BCUT2D eigenvalue weighted by atomic mass is 19.1. The van der Waals surface area contributed by atoms with E-state index in [-0.39, 0.29) is 24.1 Å². The number of hydrogen-bond donors (Lipinski definition) is 2. The normalized spacial score (nSPS) is 11.7. The van der Waals surface area contributed by atoms with Crippen LogP contribution in [0.4, 0.5) is 10.1 Å². The Balaban J connectivity index is 2.74. The van der Waals surface area contributed by atoms with E-state index in [1.807, 2.05) is 19.9 Å². The van der Waals surface area contributed by atoms with Gasteiger partial charge in [-0.05, 0) is 32.4 Å². The van der Waals surface area contributed by atoms with Gasteiger partial charge in [0.1, 0.15) is 5.82 Å². The molecule has 0 aliphatic heterocycles. The van der Waals surface area contributed by atoms with Gasteiger partial charge in [0.05, 0.1) is 18.2 Å². The Morgan fingerprint density at radius 1 is 1.53 bits per heavy atom. The van der Waals surface area contributed by atoms with Gasteiger partial charge >= 0.3 is 0 Å². The van der Waals surface area contributed by atoms with Crippen LogP contribution in [0, 0.1) is 24.1 Å². The molecule has 1 amide bonds. The molecule has 0 fully saturated rings. The molecule has 19 heavy (non-hydrogen) atoms. The molecule has 0 radical (unpaired) electrons. The largest absolute Gasteiger partial charge is 0.325 e. The van der Waals surface area contributed by atoms with Gasteiger partial charge in [0.15, 0.2) is 0 Å². The number of anilines is 1. The third kappa shape index (κ3) is 4.34. The molecule has 1 rings (SSSR count). The minimum atomic E-state index is -0.496. The Hall–Kier alpha value is -1.93. The Morgan fingerprint density at radius 3 is 2.79 bits per heavy atom. The van der Waals surface area contributed by atoms with Crippen molar-refractivity contribution in [2.75, 3.05) is 11.9 Å². The second kappa shape index (κ2) is 6.86. The Morgan fingerprint density at radius 2 is 2.21 bits per heavy atom. The monoisotopic (exact) mass is 263 g/mol. The van der Waals surface area contributed by atoms with Gasteiger partial charge in [-0.1, -0.05) is 6.92 Å². The zero-order valence-electron chi connectivity index (χ0n) is 11.4. The molecule has 1 aromatic carbocycles. The maximum absolute atomic E-state index is 13.5. The summed E-state index contributed by atoms with van der Waals surface area (Å²) in [6.07, 6.45) is 0.921. The van der Waals surface area contributed by atoms with Crippen molar-refractivity contribution < 1.29 is 9.18 Å². The molecule has 0 aromatic heterocycles. The maximum Gasteiger partial charge on any atom is 0.238 e. The van der Waals surface area contributed by atoms with Crippen molar-refractivity contribution in [3.8, 4) is 6.07 Å². The topological polar surface area (TPSA) is 64.9 Å². The van der Waals surface area contributed by atoms with Crippen LogP contribution in [-0.4, -0.2) is 18.5 Å². The van der Waals surface area contributed by atoms with E-state index in [9.17, 15) is 9.18 Å². The van der Waals surface area contributed by atoms with Gasteiger partial charge in [-0.25, -0.2) is 4.39 Å². The third-order valence-corrected chi connectivity index (χ3v) is 2.97. The fourth-order valence-corrected chi connectivity index (χ4v) is 1.48. The van der Waals surface area contributed by atoms with Crippen molar-refractivity contribution in [2.45, 2.75) is 33.2 Å². The lowest BCUT2D eigenvalue weighted by Gasteiger charge is -2.13. The van der Waals surface area contributed by atoms with Crippen LogP contribution in [0.1, 0.15) is 31.4 Å². The molecule has 1 unspecified atom stereocenters. The molecule has 5 heteroatoms. The minimum absolute atomic E-state index is 0.160. The molecule has 0 bridgehead atoms. The summed E-state index contributed by atoms with van der Waals surface area (Å²) in [5.74, 6) is -0.748. The number of amides is 1. The van der Waals surface area contributed by atoms with Crippen molar-refractivity contribution >= 4 is 11.6 Å². The molecule has 0 aliphatic rings. The Bertz CT molecular complexity index is 508. The number of nitrogens with zero attached hydrogens (tertiary/aromatic N) is 1. The molecular formula is C14H18FN3O. The first-order valence-corrected chi connectivity index (χ1v) is 6.21. The Labute approximate surface area is 112 Å². The number of hydrogen-bond acceptors (Lipinski definition) is 3. The van der Waals surface area contributed by atoms with E-state index in [1.54, 1.807) is 6.92 Å². The Kier molecular flexibility index (Phi) is 5.46. The first kappa shape index (κ1) is 15.1.